The molecule has 0 bridgehead atoms. The van der Waals surface area contributed by atoms with Crippen molar-refractivity contribution in [1.29, 1.82) is 0 Å². The predicted molar refractivity (Wildman–Crippen MR) is 96.5 cm³/mol. The second-order valence-electron chi connectivity index (χ2n) is 6.94. The number of rotatable bonds is 4. The molecule has 134 valence electrons. The van der Waals surface area contributed by atoms with Gasteiger partial charge in [-0.3, -0.25) is 4.98 Å². The summed E-state index contributed by atoms with van der Waals surface area (Å²) in [5.74, 6) is 0.456. The second kappa shape index (κ2) is 7.19. The van der Waals surface area contributed by atoms with Crippen molar-refractivity contribution >= 4 is 0 Å². The molecule has 0 N–H and O–H groups in total. The first-order valence-corrected chi connectivity index (χ1v) is 8.96. The molecular formula is C19H22N6O. The zero-order valence-corrected chi connectivity index (χ0v) is 15.0. The molecule has 0 aromatic carbocycles. The summed E-state index contributed by atoms with van der Waals surface area (Å²) in [5.41, 5.74) is 2.86. The molecular weight excluding hydrogens is 328 g/mol. The molecule has 1 saturated carbocycles. The fourth-order valence-electron chi connectivity index (χ4n) is 3.40. The van der Waals surface area contributed by atoms with Crippen LogP contribution in [0.1, 0.15) is 37.9 Å². The van der Waals surface area contributed by atoms with E-state index in [0.717, 1.165) is 36.1 Å². The first-order valence-electron chi connectivity index (χ1n) is 8.96. The molecule has 7 nitrogen and oxygen atoms in total. The molecule has 1 aliphatic carbocycles. The summed E-state index contributed by atoms with van der Waals surface area (Å²) in [6.07, 6.45) is 12.2. The third-order valence-electron chi connectivity index (χ3n) is 4.97. The highest BCUT2D eigenvalue weighted by atomic mass is 16.5. The van der Waals surface area contributed by atoms with E-state index >= 15 is 0 Å². The largest absolute Gasteiger partial charge is 0.460 e. The van der Waals surface area contributed by atoms with Gasteiger partial charge in [0.15, 0.2) is 0 Å². The van der Waals surface area contributed by atoms with Gasteiger partial charge in [-0.15, -0.1) is 5.10 Å². The van der Waals surface area contributed by atoms with Crippen LogP contribution in [-0.4, -0.2) is 36.0 Å². The minimum atomic E-state index is 0.0718. The maximum Gasteiger partial charge on any atom is 0.316 e. The van der Waals surface area contributed by atoms with Crippen LogP contribution in [0.5, 0.6) is 6.01 Å². The molecule has 3 aromatic rings. The van der Waals surface area contributed by atoms with E-state index in [0.29, 0.717) is 18.0 Å². The van der Waals surface area contributed by atoms with Crippen LogP contribution in [0.2, 0.25) is 0 Å². The van der Waals surface area contributed by atoms with Gasteiger partial charge in [0.25, 0.3) is 0 Å². The van der Waals surface area contributed by atoms with Gasteiger partial charge in [-0.2, -0.15) is 0 Å². The van der Waals surface area contributed by atoms with Gasteiger partial charge < -0.3 is 4.74 Å². The Bertz CT molecular complexity index is 848. The molecule has 4 rings (SSSR count). The van der Waals surface area contributed by atoms with E-state index in [1.165, 1.54) is 0 Å². The second-order valence-corrected chi connectivity index (χ2v) is 6.94. The molecule has 0 saturated heterocycles. The summed E-state index contributed by atoms with van der Waals surface area (Å²) in [6.45, 7) is 4.18. The van der Waals surface area contributed by atoms with Gasteiger partial charge in [0.05, 0.1) is 11.7 Å². The maximum atomic E-state index is 6.12. The Balaban J connectivity index is 1.45. The van der Waals surface area contributed by atoms with Crippen LogP contribution in [0.25, 0.3) is 11.1 Å². The van der Waals surface area contributed by atoms with E-state index in [-0.39, 0.29) is 6.10 Å². The lowest BCUT2D eigenvalue weighted by Crippen LogP contribution is -2.34. The molecule has 7 heteroatoms. The van der Waals surface area contributed by atoms with Gasteiger partial charge in [-0.05, 0) is 31.7 Å². The first kappa shape index (κ1) is 16.6. The van der Waals surface area contributed by atoms with Crippen LogP contribution in [0.15, 0.2) is 43.1 Å². The number of hydrogen-bond donors (Lipinski definition) is 0. The Kier molecular flexibility index (Phi) is 4.60. The number of hydrogen-bond acceptors (Lipinski definition) is 6. The molecule has 1 aliphatic rings. The van der Waals surface area contributed by atoms with E-state index in [4.69, 9.17) is 4.74 Å². The first-order chi connectivity index (χ1) is 12.7. The van der Waals surface area contributed by atoms with Crippen molar-refractivity contribution in [2.24, 2.45) is 5.92 Å². The number of nitrogens with zero attached hydrogens (tertiary/aromatic N) is 6. The van der Waals surface area contributed by atoms with Gasteiger partial charge >= 0.3 is 6.01 Å². The zero-order chi connectivity index (χ0) is 17.9. The molecule has 1 fully saturated rings. The Morgan fingerprint density at radius 1 is 1.12 bits per heavy atom. The predicted octanol–water partition coefficient (Wildman–Crippen LogP) is 3.25. The van der Waals surface area contributed by atoms with E-state index in [2.05, 4.69) is 32.2 Å². The van der Waals surface area contributed by atoms with E-state index in [1.54, 1.807) is 24.8 Å². The number of aromatic nitrogens is 6. The van der Waals surface area contributed by atoms with Crippen LogP contribution in [0.4, 0.5) is 0 Å². The van der Waals surface area contributed by atoms with Gasteiger partial charge in [0, 0.05) is 48.5 Å². The van der Waals surface area contributed by atoms with Crippen LogP contribution < -0.4 is 4.74 Å². The van der Waals surface area contributed by atoms with Crippen molar-refractivity contribution in [3.05, 3.63) is 48.8 Å². The van der Waals surface area contributed by atoms with E-state index in [1.807, 2.05) is 29.9 Å². The SMILES string of the molecule is Cc1cn(C2CCC(C)C(Oc3ncc(-c4cccnc4)cn3)C2)nn1. The fourth-order valence-corrected chi connectivity index (χ4v) is 3.40. The Morgan fingerprint density at radius 2 is 1.96 bits per heavy atom. The topological polar surface area (TPSA) is 78.6 Å². The number of aryl methyl sites for hydroxylation is 1. The molecule has 3 unspecified atom stereocenters. The molecule has 26 heavy (non-hydrogen) atoms. The van der Waals surface area contributed by atoms with E-state index in [9.17, 15) is 0 Å². The average Bonchev–Trinajstić information content (AvgIpc) is 3.11. The molecule has 3 atom stereocenters. The van der Waals surface area contributed by atoms with Crippen molar-refractivity contribution in [3.63, 3.8) is 0 Å². The Morgan fingerprint density at radius 3 is 2.65 bits per heavy atom. The summed E-state index contributed by atoms with van der Waals surface area (Å²) >= 11 is 0. The quantitative estimate of drug-likeness (QED) is 0.719. The lowest BCUT2D eigenvalue weighted by Gasteiger charge is -2.33. The highest BCUT2D eigenvalue weighted by molar-refractivity contribution is 5.59. The van der Waals surface area contributed by atoms with Crippen molar-refractivity contribution in [2.75, 3.05) is 0 Å². The summed E-state index contributed by atoms with van der Waals surface area (Å²) in [6, 6.07) is 4.62. The van der Waals surface area contributed by atoms with Crippen LogP contribution >= 0.6 is 0 Å². The number of pyridine rings is 1. The van der Waals surface area contributed by atoms with E-state index < -0.39 is 0 Å². The molecule has 3 aromatic heterocycles. The molecule has 0 radical (unpaired) electrons. The summed E-state index contributed by atoms with van der Waals surface area (Å²) in [7, 11) is 0. The average molecular weight is 350 g/mol. The summed E-state index contributed by atoms with van der Waals surface area (Å²) in [4.78, 5) is 12.9. The number of ether oxygens (including phenoxy) is 1. The highest BCUT2D eigenvalue weighted by Crippen LogP contribution is 2.33. The molecule has 0 aliphatic heterocycles. The van der Waals surface area contributed by atoms with Gasteiger partial charge in [0.1, 0.15) is 6.10 Å². The normalized spacial score (nSPS) is 22.9. The third kappa shape index (κ3) is 3.56. The molecule has 0 spiro atoms. The van der Waals surface area contributed by atoms with Gasteiger partial charge in [-0.25, -0.2) is 14.6 Å². The third-order valence-corrected chi connectivity index (χ3v) is 4.97. The smallest absolute Gasteiger partial charge is 0.316 e. The molecule has 0 amide bonds. The van der Waals surface area contributed by atoms with Crippen LogP contribution in [0, 0.1) is 12.8 Å². The van der Waals surface area contributed by atoms with Crippen LogP contribution in [-0.2, 0) is 0 Å². The minimum absolute atomic E-state index is 0.0718. The fraction of sp³-hybridized carbons (Fsp3) is 0.421. The van der Waals surface area contributed by atoms with Crippen molar-refractivity contribution in [2.45, 2.75) is 45.3 Å². The summed E-state index contributed by atoms with van der Waals surface area (Å²) in [5, 5.41) is 8.33. The monoisotopic (exact) mass is 350 g/mol. The summed E-state index contributed by atoms with van der Waals surface area (Å²) < 4.78 is 8.08. The van der Waals surface area contributed by atoms with Gasteiger partial charge in [-0.1, -0.05) is 18.2 Å². The zero-order valence-electron chi connectivity index (χ0n) is 15.0. The van der Waals surface area contributed by atoms with Gasteiger partial charge in [0.2, 0.25) is 0 Å². The molecule has 3 heterocycles. The highest BCUT2D eigenvalue weighted by Gasteiger charge is 2.31. The maximum absolute atomic E-state index is 6.12. The Labute approximate surface area is 152 Å². The van der Waals surface area contributed by atoms with Crippen molar-refractivity contribution < 1.29 is 4.74 Å². The van der Waals surface area contributed by atoms with Crippen molar-refractivity contribution in [1.82, 2.24) is 29.9 Å². The lowest BCUT2D eigenvalue weighted by atomic mass is 9.84. The standard InChI is InChI=1S/C19H22N6O/c1-13-5-6-17(25-12-14(2)23-24-25)8-18(13)26-19-21-10-16(11-22-19)15-4-3-7-20-9-15/h3-4,7,9-13,17-18H,5-6,8H2,1-2H3. The minimum Gasteiger partial charge on any atom is -0.460 e. The Hall–Kier alpha value is -2.83. The van der Waals surface area contributed by atoms with Crippen LogP contribution in [0.3, 0.4) is 0 Å². The van der Waals surface area contributed by atoms with Crippen molar-refractivity contribution in [3.8, 4) is 17.1 Å². The lowest BCUT2D eigenvalue weighted by molar-refractivity contribution is 0.0653.